The average molecular weight is 847 g/mol. The van der Waals surface area contributed by atoms with Crippen LogP contribution in [0, 0.1) is 6.92 Å². The molecule has 0 saturated heterocycles. The fraction of sp³-hybridized carbons (Fsp3) is 0.280. The molecule has 11 heteroatoms. The quantitative estimate of drug-likeness (QED) is 0.0284. The second-order valence-electron chi connectivity index (χ2n) is 13.9. The molecule has 0 bridgehead atoms. The van der Waals surface area contributed by atoms with E-state index in [2.05, 4.69) is 103 Å². The maximum absolute atomic E-state index is 12.2. The third kappa shape index (κ3) is 13.5. The lowest BCUT2D eigenvalue weighted by Gasteiger charge is -2.36. The van der Waals surface area contributed by atoms with Gasteiger partial charge in [0.1, 0.15) is 37.1 Å². The van der Waals surface area contributed by atoms with Crippen molar-refractivity contribution in [3.8, 4) is 17.2 Å². The van der Waals surface area contributed by atoms with Crippen LogP contribution in [-0.2, 0) is 38.7 Å². The Morgan fingerprint density at radius 2 is 0.672 bits per heavy atom. The number of hydrogen-bond acceptors (Lipinski definition) is 10. The minimum absolute atomic E-state index is 0.0701. The summed E-state index contributed by atoms with van der Waals surface area (Å²) in [6.07, 6.45) is 0. The third-order valence-corrected chi connectivity index (χ3v) is 11.1. The third-order valence-electron chi connectivity index (χ3n) is 9.74. The van der Waals surface area contributed by atoms with E-state index in [1.165, 1.54) is 28.8 Å². The summed E-state index contributed by atoms with van der Waals surface area (Å²) in [6, 6.07) is 54.2. The number of benzene rings is 6. The minimum atomic E-state index is -3.80. The van der Waals surface area contributed by atoms with Crippen molar-refractivity contribution in [2.45, 2.75) is 17.2 Å². The lowest BCUT2D eigenvalue weighted by Crippen LogP contribution is -2.30. The van der Waals surface area contributed by atoms with Crippen LogP contribution in [0.4, 0.5) is 0 Å². The van der Waals surface area contributed by atoms with Gasteiger partial charge in [-0.05, 0) is 77.7 Å². The first-order valence-corrected chi connectivity index (χ1v) is 21.9. The van der Waals surface area contributed by atoms with Crippen molar-refractivity contribution in [2.75, 3.05) is 79.3 Å². The second-order valence-corrected chi connectivity index (χ2v) is 15.5. The summed E-state index contributed by atoms with van der Waals surface area (Å²) < 4.78 is 69.3. The van der Waals surface area contributed by atoms with Gasteiger partial charge in [0.15, 0.2) is 0 Å². The molecule has 0 atom stereocenters. The summed E-state index contributed by atoms with van der Waals surface area (Å²) in [7, 11) is -3.80. The highest BCUT2D eigenvalue weighted by atomic mass is 32.2. The van der Waals surface area contributed by atoms with Crippen molar-refractivity contribution in [2.24, 2.45) is 0 Å². The Labute approximate surface area is 360 Å². The van der Waals surface area contributed by atoms with Gasteiger partial charge in [-0.2, -0.15) is 8.42 Å². The molecule has 0 heterocycles. The standard InChI is InChI=1S/C50H54O10S/c1-41-17-27-49(28-18-41)61(51,52)60-40-36-56-32-31-55-35-39-59-48-25-23-47(24-26-48)58-38-34-54-30-29-53-33-37-57-46-21-19-45(20-22-46)50(42-11-5-2-6-12-42,43-13-7-3-8-14-43)44-15-9-4-10-16-44/h2-28H,29-40H2,1H3. The monoisotopic (exact) mass is 846 g/mol. The van der Waals surface area contributed by atoms with Crippen LogP contribution in [0.1, 0.15) is 27.8 Å². The number of hydrogen-bond donors (Lipinski definition) is 0. The van der Waals surface area contributed by atoms with E-state index in [0.29, 0.717) is 77.6 Å². The minimum Gasteiger partial charge on any atom is -0.491 e. The van der Waals surface area contributed by atoms with E-state index in [9.17, 15) is 8.42 Å². The highest BCUT2D eigenvalue weighted by molar-refractivity contribution is 7.86. The maximum atomic E-state index is 12.2. The Balaban J connectivity index is 0.795. The van der Waals surface area contributed by atoms with Crippen LogP contribution in [0.5, 0.6) is 17.2 Å². The second kappa shape index (κ2) is 24.0. The van der Waals surface area contributed by atoms with Gasteiger partial charge < -0.3 is 33.2 Å². The molecule has 0 N–H and O–H groups in total. The fourth-order valence-electron chi connectivity index (χ4n) is 6.77. The van der Waals surface area contributed by atoms with E-state index in [1.54, 1.807) is 12.1 Å². The van der Waals surface area contributed by atoms with Crippen LogP contribution in [0.3, 0.4) is 0 Å². The van der Waals surface area contributed by atoms with Crippen molar-refractivity contribution < 1.29 is 45.8 Å². The summed E-state index contributed by atoms with van der Waals surface area (Å²) in [5, 5.41) is 0. The Bertz CT molecular complexity index is 2120. The molecule has 0 fully saturated rings. The van der Waals surface area contributed by atoms with E-state index in [0.717, 1.165) is 16.9 Å². The zero-order chi connectivity index (χ0) is 42.4. The molecule has 0 aliphatic rings. The molecule has 0 radical (unpaired) electrons. The van der Waals surface area contributed by atoms with E-state index in [-0.39, 0.29) is 18.1 Å². The van der Waals surface area contributed by atoms with E-state index < -0.39 is 15.5 Å². The molecule has 0 aliphatic heterocycles. The van der Waals surface area contributed by atoms with Gasteiger partial charge in [-0.1, -0.05) is 121 Å². The Hall–Kier alpha value is -5.53. The van der Waals surface area contributed by atoms with Crippen LogP contribution in [0.15, 0.2) is 169 Å². The van der Waals surface area contributed by atoms with Crippen molar-refractivity contribution in [3.63, 3.8) is 0 Å². The van der Waals surface area contributed by atoms with Gasteiger partial charge in [0.2, 0.25) is 0 Å². The molecule has 320 valence electrons. The van der Waals surface area contributed by atoms with Crippen molar-refractivity contribution in [3.05, 3.63) is 192 Å². The lowest BCUT2D eigenvalue weighted by atomic mass is 9.65. The Kier molecular flexibility index (Phi) is 17.7. The maximum Gasteiger partial charge on any atom is 0.297 e. The number of ether oxygens (including phenoxy) is 7. The molecular formula is C50H54O10S. The Morgan fingerprint density at radius 3 is 1.05 bits per heavy atom. The molecule has 6 aromatic carbocycles. The van der Waals surface area contributed by atoms with Crippen LogP contribution >= 0.6 is 0 Å². The lowest BCUT2D eigenvalue weighted by molar-refractivity contribution is 0.0272. The molecular weight excluding hydrogens is 793 g/mol. The van der Waals surface area contributed by atoms with Gasteiger partial charge in [-0.25, -0.2) is 0 Å². The molecule has 6 aromatic rings. The molecule has 0 aliphatic carbocycles. The average Bonchev–Trinajstić information content (AvgIpc) is 3.30. The number of rotatable bonds is 27. The molecule has 0 aromatic heterocycles. The summed E-state index contributed by atoms with van der Waals surface area (Å²) in [5.74, 6) is 2.20. The summed E-state index contributed by atoms with van der Waals surface area (Å²) >= 11 is 0. The van der Waals surface area contributed by atoms with Crippen LogP contribution in [0.25, 0.3) is 0 Å². The van der Waals surface area contributed by atoms with Gasteiger partial charge in [0.25, 0.3) is 10.1 Å². The summed E-state index contributed by atoms with van der Waals surface area (Å²) in [5.41, 5.74) is 5.22. The van der Waals surface area contributed by atoms with E-state index in [4.69, 9.17) is 37.3 Å². The molecule has 10 nitrogen and oxygen atoms in total. The summed E-state index contributed by atoms with van der Waals surface area (Å²) in [4.78, 5) is 0.124. The van der Waals surface area contributed by atoms with E-state index >= 15 is 0 Å². The summed E-state index contributed by atoms with van der Waals surface area (Å²) in [6.45, 7) is 5.97. The van der Waals surface area contributed by atoms with Crippen LogP contribution in [-0.4, -0.2) is 87.7 Å². The van der Waals surface area contributed by atoms with Gasteiger partial charge in [0, 0.05) is 0 Å². The van der Waals surface area contributed by atoms with Crippen molar-refractivity contribution >= 4 is 10.1 Å². The van der Waals surface area contributed by atoms with Crippen LogP contribution < -0.4 is 14.2 Å². The van der Waals surface area contributed by atoms with Crippen molar-refractivity contribution in [1.29, 1.82) is 0 Å². The number of aryl methyl sites for hydroxylation is 1. The topological polar surface area (TPSA) is 108 Å². The molecule has 0 unspecified atom stereocenters. The highest BCUT2D eigenvalue weighted by Crippen LogP contribution is 2.45. The smallest absolute Gasteiger partial charge is 0.297 e. The molecule has 0 spiro atoms. The van der Waals surface area contributed by atoms with Gasteiger partial charge >= 0.3 is 0 Å². The normalized spacial score (nSPS) is 11.6. The predicted molar refractivity (Wildman–Crippen MR) is 235 cm³/mol. The first-order valence-electron chi connectivity index (χ1n) is 20.5. The fourth-order valence-corrected chi connectivity index (χ4v) is 7.67. The predicted octanol–water partition coefficient (Wildman–Crippen LogP) is 8.69. The van der Waals surface area contributed by atoms with Gasteiger partial charge in [-0.3, -0.25) is 4.18 Å². The zero-order valence-corrected chi connectivity index (χ0v) is 35.4. The highest BCUT2D eigenvalue weighted by Gasteiger charge is 2.38. The molecule has 0 amide bonds. The zero-order valence-electron chi connectivity index (χ0n) is 34.6. The molecule has 0 saturated carbocycles. The Morgan fingerprint density at radius 1 is 0.361 bits per heavy atom. The first-order chi connectivity index (χ1) is 29.9. The molecule has 6 rings (SSSR count). The van der Waals surface area contributed by atoms with E-state index in [1.807, 2.05) is 43.3 Å². The van der Waals surface area contributed by atoms with Gasteiger partial charge in [0.05, 0.1) is 69.8 Å². The largest absolute Gasteiger partial charge is 0.491 e. The van der Waals surface area contributed by atoms with Crippen LogP contribution in [0.2, 0.25) is 0 Å². The molecule has 61 heavy (non-hydrogen) atoms. The van der Waals surface area contributed by atoms with Crippen molar-refractivity contribution in [1.82, 2.24) is 0 Å². The first kappa shape index (κ1) is 45.0. The SMILES string of the molecule is Cc1ccc(S(=O)(=O)OCCOCCOCCOc2ccc(OCCOCCOCCOc3ccc(C(c4ccccc4)(c4ccccc4)c4ccccc4)cc3)cc2)cc1. The van der Waals surface area contributed by atoms with Gasteiger partial charge in [-0.15, -0.1) is 0 Å².